The molecule has 1 atom stereocenters. The number of hydrogen-bond acceptors (Lipinski definition) is 4. The van der Waals surface area contributed by atoms with Gasteiger partial charge < -0.3 is 10.2 Å². The molecule has 0 saturated carbocycles. The van der Waals surface area contributed by atoms with Crippen molar-refractivity contribution in [3.8, 4) is 0 Å². The Balaban J connectivity index is 1.77. The second-order valence-electron chi connectivity index (χ2n) is 11.2. The Labute approximate surface area is 265 Å². The lowest BCUT2D eigenvalue weighted by atomic mass is 10.0. The van der Waals surface area contributed by atoms with Crippen LogP contribution in [0.5, 0.6) is 0 Å². The Bertz CT molecular complexity index is 1630. The average molecular weight is 632 g/mol. The van der Waals surface area contributed by atoms with Crippen LogP contribution in [0.25, 0.3) is 0 Å². The van der Waals surface area contributed by atoms with Gasteiger partial charge in [0, 0.05) is 24.5 Å². The molecular weight excluding hydrogens is 594 g/mol. The SMILES string of the molecule is Cc1ccc(CN(C(=O)CN(c2ccccc2)S(=O)(=O)c2ccc(Cl)cc2)C(Cc2ccccc2)C(=O)NCC(C)C)cc1. The number of nitrogens with one attached hydrogen (secondary N) is 1. The molecule has 7 nitrogen and oxygen atoms in total. The highest BCUT2D eigenvalue weighted by Gasteiger charge is 2.34. The number of halogens is 1. The molecular formula is C35H38ClN3O4S. The Kier molecular flexibility index (Phi) is 11.2. The van der Waals surface area contributed by atoms with Crippen molar-refractivity contribution >= 4 is 39.1 Å². The van der Waals surface area contributed by atoms with Crippen molar-refractivity contribution in [2.75, 3.05) is 17.4 Å². The highest BCUT2D eigenvalue weighted by Crippen LogP contribution is 2.26. The quantitative estimate of drug-likeness (QED) is 0.189. The smallest absolute Gasteiger partial charge is 0.264 e. The van der Waals surface area contributed by atoms with Crippen LogP contribution < -0.4 is 9.62 Å². The summed E-state index contributed by atoms with van der Waals surface area (Å²) < 4.78 is 29.1. The van der Waals surface area contributed by atoms with Crippen LogP contribution in [0.3, 0.4) is 0 Å². The van der Waals surface area contributed by atoms with Crippen molar-refractivity contribution in [1.29, 1.82) is 0 Å². The van der Waals surface area contributed by atoms with Gasteiger partial charge in [0.05, 0.1) is 10.6 Å². The number of aryl methyl sites for hydroxylation is 1. The molecule has 9 heteroatoms. The van der Waals surface area contributed by atoms with E-state index < -0.39 is 28.5 Å². The van der Waals surface area contributed by atoms with Crippen molar-refractivity contribution in [2.45, 2.75) is 44.7 Å². The lowest BCUT2D eigenvalue weighted by Crippen LogP contribution is -2.53. The zero-order valence-corrected chi connectivity index (χ0v) is 26.8. The van der Waals surface area contributed by atoms with Crippen molar-refractivity contribution in [3.63, 3.8) is 0 Å². The summed E-state index contributed by atoms with van der Waals surface area (Å²) in [5.74, 6) is -0.599. The van der Waals surface area contributed by atoms with Gasteiger partial charge in [-0.05, 0) is 60.4 Å². The number of carbonyl (C=O) groups is 2. The number of carbonyl (C=O) groups excluding carboxylic acids is 2. The predicted octanol–water partition coefficient (Wildman–Crippen LogP) is 6.26. The Morgan fingerprint density at radius 1 is 0.795 bits per heavy atom. The van der Waals surface area contributed by atoms with Gasteiger partial charge in [-0.1, -0.05) is 104 Å². The fraction of sp³-hybridized carbons (Fsp3) is 0.257. The monoisotopic (exact) mass is 631 g/mol. The van der Waals surface area contributed by atoms with Crippen LogP contribution in [0.1, 0.15) is 30.5 Å². The number of para-hydroxylation sites is 1. The minimum absolute atomic E-state index is 0.000787. The zero-order chi connectivity index (χ0) is 31.7. The number of anilines is 1. The van der Waals surface area contributed by atoms with Gasteiger partial charge in [0.1, 0.15) is 12.6 Å². The second kappa shape index (κ2) is 15.0. The maximum absolute atomic E-state index is 14.4. The summed E-state index contributed by atoms with van der Waals surface area (Å²) in [4.78, 5) is 29.7. The number of amides is 2. The van der Waals surface area contributed by atoms with Crippen molar-refractivity contribution in [2.24, 2.45) is 5.92 Å². The van der Waals surface area contributed by atoms with E-state index in [2.05, 4.69) is 5.32 Å². The van der Waals surface area contributed by atoms with Crippen LogP contribution >= 0.6 is 11.6 Å². The summed E-state index contributed by atoms with van der Waals surface area (Å²) in [6.45, 7) is 6.03. The number of nitrogens with zero attached hydrogens (tertiary/aromatic N) is 2. The van der Waals surface area contributed by atoms with Crippen molar-refractivity contribution in [3.05, 3.63) is 131 Å². The average Bonchev–Trinajstić information content (AvgIpc) is 3.02. The summed E-state index contributed by atoms with van der Waals surface area (Å²) in [7, 11) is -4.18. The molecule has 4 aromatic carbocycles. The van der Waals surface area contributed by atoms with E-state index >= 15 is 0 Å². The van der Waals surface area contributed by atoms with Gasteiger partial charge in [-0.2, -0.15) is 0 Å². The van der Waals surface area contributed by atoms with Gasteiger partial charge >= 0.3 is 0 Å². The molecule has 0 spiro atoms. The molecule has 0 saturated heterocycles. The zero-order valence-electron chi connectivity index (χ0n) is 25.2. The molecule has 0 aliphatic rings. The van der Waals surface area contributed by atoms with E-state index in [0.29, 0.717) is 17.3 Å². The predicted molar refractivity (Wildman–Crippen MR) is 176 cm³/mol. The first-order valence-corrected chi connectivity index (χ1v) is 16.4. The van der Waals surface area contributed by atoms with Crippen molar-refractivity contribution < 1.29 is 18.0 Å². The highest BCUT2D eigenvalue weighted by molar-refractivity contribution is 7.92. The summed E-state index contributed by atoms with van der Waals surface area (Å²) in [5, 5.41) is 3.40. The topological polar surface area (TPSA) is 86.8 Å². The fourth-order valence-electron chi connectivity index (χ4n) is 4.72. The molecule has 2 amide bonds. The number of rotatable bonds is 13. The first-order chi connectivity index (χ1) is 21.0. The minimum atomic E-state index is -4.18. The summed E-state index contributed by atoms with van der Waals surface area (Å²) in [6, 6.07) is 30.7. The molecule has 4 rings (SSSR count). The fourth-order valence-corrected chi connectivity index (χ4v) is 6.26. The molecule has 230 valence electrons. The van der Waals surface area contributed by atoms with E-state index in [4.69, 9.17) is 11.6 Å². The van der Waals surface area contributed by atoms with Crippen LogP contribution in [-0.4, -0.2) is 44.3 Å². The highest BCUT2D eigenvalue weighted by atomic mass is 35.5. The van der Waals surface area contributed by atoms with Crippen LogP contribution in [0.4, 0.5) is 5.69 Å². The van der Waals surface area contributed by atoms with Crippen molar-refractivity contribution in [1.82, 2.24) is 10.2 Å². The normalized spacial score (nSPS) is 12.0. The molecule has 4 aromatic rings. The maximum Gasteiger partial charge on any atom is 0.264 e. The maximum atomic E-state index is 14.4. The minimum Gasteiger partial charge on any atom is -0.354 e. The van der Waals surface area contributed by atoms with Crippen LogP contribution in [0.15, 0.2) is 114 Å². The van der Waals surface area contributed by atoms with E-state index in [-0.39, 0.29) is 29.7 Å². The van der Waals surface area contributed by atoms with Crippen LogP contribution in [-0.2, 0) is 32.6 Å². The molecule has 0 fully saturated rings. The largest absolute Gasteiger partial charge is 0.354 e. The molecule has 0 aliphatic heterocycles. The molecule has 0 bridgehead atoms. The number of benzene rings is 4. The van der Waals surface area contributed by atoms with E-state index in [1.165, 1.54) is 29.2 Å². The molecule has 0 aliphatic carbocycles. The van der Waals surface area contributed by atoms with Gasteiger partial charge in [0.25, 0.3) is 10.0 Å². The number of hydrogen-bond donors (Lipinski definition) is 1. The van der Waals surface area contributed by atoms with Gasteiger partial charge in [-0.15, -0.1) is 0 Å². The third kappa shape index (κ3) is 8.71. The van der Waals surface area contributed by atoms with Gasteiger partial charge in [-0.3, -0.25) is 13.9 Å². The molecule has 0 aromatic heterocycles. The van der Waals surface area contributed by atoms with E-state index in [1.54, 1.807) is 30.3 Å². The first-order valence-electron chi connectivity index (χ1n) is 14.5. The molecule has 44 heavy (non-hydrogen) atoms. The van der Waals surface area contributed by atoms with Gasteiger partial charge in [0.2, 0.25) is 11.8 Å². The van der Waals surface area contributed by atoms with Crippen LogP contribution in [0, 0.1) is 12.8 Å². The molecule has 1 unspecified atom stereocenters. The van der Waals surface area contributed by atoms with E-state index in [0.717, 1.165) is 21.0 Å². The van der Waals surface area contributed by atoms with Gasteiger partial charge in [0.15, 0.2) is 0 Å². The lowest BCUT2D eigenvalue weighted by molar-refractivity contribution is -0.140. The second-order valence-corrected chi connectivity index (χ2v) is 13.5. The lowest BCUT2D eigenvalue weighted by Gasteiger charge is -2.34. The summed E-state index contributed by atoms with van der Waals surface area (Å²) >= 11 is 6.04. The molecule has 0 heterocycles. The first kappa shape index (κ1) is 32.8. The third-order valence-corrected chi connectivity index (χ3v) is 9.19. The van der Waals surface area contributed by atoms with Gasteiger partial charge in [-0.25, -0.2) is 8.42 Å². The Morgan fingerprint density at radius 2 is 1.39 bits per heavy atom. The number of sulfonamides is 1. The standard InChI is InChI=1S/C35H38ClN3O4S/c1-26(2)23-37-35(41)33(22-28-10-6-4-7-11-28)38(24-29-16-14-27(3)15-17-29)34(40)25-39(31-12-8-5-9-13-31)44(42,43)32-20-18-30(36)19-21-32/h4-21,26,33H,22-25H2,1-3H3,(H,37,41). The van der Waals surface area contributed by atoms with E-state index in [9.17, 15) is 18.0 Å². The van der Waals surface area contributed by atoms with Crippen LogP contribution in [0.2, 0.25) is 5.02 Å². The summed E-state index contributed by atoms with van der Waals surface area (Å²) in [5.41, 5.74) is 3.10. The summed E-state index contributed by atoms with van der Waals surface area (Å²) in [6.07, 6.45) is 0.262. The molecule has 0 radical (unpaired) electrons. The third-order valence-electron chi connectivity index (χ3n) is 7.15. The Hall–Kier alpha value is -4.14. The van der Waals surface area contributed by atoms with E-state index in [1.807, 2.05) is 75.4 Å². The molecule has 1 N–H and O–H groups in total. The Morgan fingerprint density at radius 3 is 1.98 bits per heavy atom.